The molecule has 0 radical (unpaired) electrons. The van der Waals surface area contributed by atoms with Crippen LogP contribution in [0.15, 0.2) is 30.3 Å². The Labute approximate surface area is 286 Å². The molecule has 262 valence electrons. The first-order chi connectivity index (χ1) is 23.9. The van der Waals surface area contributed by atoms with Gasteiger partial charge in [-0.1, -0.05) is 12.0 Å². The third kappa shape index (κ3) is 5.93. The predicted molar refractivity (Wildman–Crippen MR) is 180 cm³/mol. The van der Waals surface area contributed by atoms with Gasteiger partial charge in [0, 0.05) is 50.2 Å². The molecule has 7 rings (SSSR count). The number of aliphatic hydroxyl groups is 1. The number of terminal acetylenes is 1. The minimum atomic E-state index is -1.11. The van der Waals surface area contributed by atoms with Crippen molar-refractivity contribution in [1.29, 1.82) is 0 Å². The van der Waals surface area contributed by atoms with Crippen molar-refractivity contribution in [3.05, 3.63) is 57.6 Å². The standard InChI is InChI=1S/C36H36F3N5O6/c1-4-24-27(38)8-7-21-13-23(50-20-48-3)14-25(29(21)24)30-28(44(46)47)15-26-32(31(30)39)40-34(41-33(26)42-11-5-9-35(2,45)18-42)49-19-36-10-6-12-43(36)17-22(37)16-36/h1,7-8,13-15,22,45H,5-6,9-12,16-20H2,2-3H3/t22-,35?,36+/m1/s1. The molecule has 3 aliphatic heterocycles. The quantitative estimate of drug-likeness (QED) is 0.0982. The molecule has 1 N–H and O–H groups in total. The summed E-state index contributed by atoms with van der Waals surface area (Å²) >= 11 is 0. The van der Waals surface area contributed by atoms with Gasteiger partial charge < -0.3 is 24.2 Å². The van der Waals surface area contributed by atoms with Crippen LogP contribution in [0.3, 0.4) is 0 Å². The van der Waals surface area contributed by atoms with Gasteiger partial charge in [-0.25, -0.2) is 13.2 Å². The minimum Gasteiger partial charge on any atom is -0.468 e. The third-order valence-electron chi connectivity index (χ3n) is 10.1. The Hall–Kier alpha value is -4.71. The summed E-state index contributed by atoms with van der Waals surface area (Å²) in [6, 6.07) is 6.46. The van der Waals surface area contributed by atoms with Crippen molar-refractivity contribution in [3.8, 4) is 35.2 Å². The maximum Gasteiger partial charge on any atom is 0.319 e. The van der Waals surface area contributed by atoms with Crippen molar-refractivity contribution < 1.29 is 37.4 Å². The second-order valence-electron chi connectivity index (χ2n) is 13.6. The number of halogens is 3. The molecule has 1 unspecified atom stereocenters. The number of nitrogens with zero attached hydrogens (tertiary/aromatic N) is 5. The monoisotopic (exact) mass is 691 g/mol. The lowest BCUT2D eigenvalue weighted by molar-refractivity contribution is -0.384. The molecule has 50 heavy (non-hydrogen) atoms. The van der Waals surface area contributed by atoms with Gasteiger partial charge in [0.2, 0.25) is 0 Å². The van der Waals surface area contributed by atoms with E-state index in [1.54, 1.807) is 17.9 Å². The van der Waals surface area contributed by atoms with Gasteiger partial charge in [-0.05, 0) is 62.7 Å². The number of ether oxygens (including phenoxy) is 3. The highest BCUT2D eigenvalue weighted by atomic mass is 19.1. The van der Waals surface area contributed by atoms with Crippen LogP contribution >= 0.6 is 0 Å². The fraction of sp³-hybridized carbons (Fsp3) is 0.444. The van der Waals surface area contributed by atoms with Gasteiger partial charge in [-0.3, -0.25) is 15.0 Å². The molecule has 1 aromatic heterocycles. The average molecular weight is 692 g/mol. The summed E-state index contributed by atoms with van der Waals surface area (Å²) in [5.74, 6) is 0.769. The van der Waals surface area contributed by atoms with Gasteiger partial charge in [-0.2, -0.15) is 9.97 Å². The topological polar surface area (TPSA) is 123 Å². The number of hydrogen-bond donors (Lipinski definition) is 1. The van der Waals surface area contributed by atoms with E-state index >= 15 is 8.78 Å². The molecule has 0 amide bonds. The number of benzene rings is 3. The number of hydrogen-bond acceptors (Lipinski definition) is 10. The fourth-order valence-electron chi connectivity index (χ4n) is 7.89. The SMILES string of the molecule is C#Cc1c(F)ccc2cc(OCOC)cc(-c3c([N+](=O)[O-])cc4c(N5CCCC(C)(O)C5)nc(OC[C@@]56CCCN5C[C@H](F)C6)nc4c3F)c12. The summed E-state index contributed by atoms with van der Waals surface area (Å²) in [6.07, 6.45) is 7.70. The van der Waals surface area contributed by atoms with Gasteiger partial charge in [0.1, 0.15) is 35.7 Å². The first kappa shape index (κ1) is 33.8. The Morgan fingerprint density at radius 2 is 1.96 bits per heavy atom. The zero-order valence-corrected chi connectivity index (χ0v) is 27.7. The van der Waals surface area contributed by atoms with Crippen LogP contribution in [0.1, 0.15) is 44.6 Å². The van der Waals surface area contributed by atoms with Gasteiger partial charge in [-0.15, -0.1) is 6.42 Å². The highest BCUT2D eigenvalue weighted by molar-refractivity contribution is 6.06. The number of anilines is 1. The Balaban J connectivity index is 1.47. The predicted octanol–water partition coefficient (Wildman–Crippen LogP) is 5.91. The number of piperidine rings is 1. The van der Waals surface area contributed by atoms with Crippen molar-refractivity contribution >= 4 is 33.2 Å². The summed E-state index contributed by atoms with van der Waals surface area (Å²) in [4.78, 5) is 24.9. The lowest BCUT2D eigenvalue weighted by Gasteiger charge is -2.38. The summed E-state index contributed by atoms with van der Waals surface area (Å²) in [5, 5.41) is 24.2. The zero-order valence-electron chi connectivity index (χ0n) is 27.7. The third-order valence-corrected chi connectivity index (χ3v) is 10.1. The van der Waals surface area contributed by atoms with Crippen LogP contribution in [-0.2, 0) is 4.74 Å². The molecule has 3 saturated heterocycles. The Bertz CT molecular complexity index is 2060. The molecule has 3 aromatic carbocycles. The van der Waals surface area contributed by atoms with Crippen LogP contribution in [0.4, 0.5) is 24.7 Å². The first-order valence-corrected chi connectivity index (χ1v) is 16.5. The second kappa shape index (κ2) is 12.9. The molecule has 3 atom stereocenters. The minimum absolute atomic E-state index is 0.0211. The summed E-state index contributed by atoms with van der Waals surface area (Å²) in [6.45, 7) is 3.13. The van der Waals surface area contributed by atoms with Gasteiger partial charge in [0.15, 0.2) is 12.6 Å². The zero-order chi connectivity index (χ0) is 35.4. The number of nitro benzene ring substituents is 1. The number of fused-ring (bicyclic) bond motifs is 3. The molecule has 14 heteroatoms. The van der Waals surface area contributed by atoms with Gasteiger partial charge >= 0.3 is 6.01 Å². The largest absolute Gasteiger partial charge is 0.468 e. The van der Waals surface area contributed by atoms with Crippen molar-refractivity contribution in [3.63, 3.8) is 0 Å². The van der Waals surface area contributed by atoms with E-state index in [2.05, 4.69) is 20.8 Å². The van der Waals surface area contributed by atoms with E-state index in [9.17, 15) is 19.6 Å². The normalized spacial score (nSPS) is 23.7. The average Bonchev–Trinajstić information content (AvgIpc) is 3.61. The van der Waals surface area contributed by atoms with E-state index in [4.69, 9.17) is 20.6 Å². The van der Waals surface area contributed by atoms with E-state index < -0.39 is 45.1 Å². The number of alkyl halides is 1. The molecule has 0 aliphatic carbocycles. The molecule has 3 aliphatic rings. The van der Waals surface area contributed by atoms with Crippen LogP contribution in [0.5, 0.6) is 11.8 Å². The first-order valence-electron chi connectivity index (χ1n) is 16.5. The Morgan fingerprint density at radius 3 is 2.70 bits per heavy atom. The van der Waals surface area contributed by atoms with E-state index in [0.717, 1.165) is 25.5 Å². The molecule has 0 spiro atoms. The molecule has 4 aromatic rings. The van der Waals surface area contributed by atoms with Crippen molar-refractivity contribution in [2.45, 2.75) is 56.3 Å². The fourth-order valence-corrected chi connectivity index (χ4v) is 7.89. The molecule has 4 heterocycles. The van der Waals surface area contributed by atoms with Crippen molar-refractivity contribution in [2.24, 2.45) is 0 Å². The van der Waals surface area contributed by atoms with E-state index in [0.29, 0.717) is 31.3 Å². The van der Waals surface area contributed by atoms with Crippen LogP contribution < -0.4 is 14.4 Å². The number of β-amino-alcohol motifs (C(OH)–C–C–N with tert-alkyl or cyclic N) is 1. The van der Waals surface area contributed by atoms with Gasteiger partial charge in [0.05, 0.1) is 32.6 Å². The summed E-state index contributed by atoms with van der Waals surface area (Å²) in [5.41, 5.74) is -3.39. The van der Waals surface area contributed by atoms with Gasteiger partial charge in [0.25, 0.3) is 5.69 Å². The second-order valence-corrected chi connectivity index (χ2v) is 13.6. The molecule has 0 saturated carbocycles. The number of aromatic nitrogens is 2. The van der Waals surface area contributed by atoms with Crippen LogP contribution in [0.2, 0.25) is 0 Å². The van der Waals surface area contributed by atoms with Crippen LogP contribution in [-0.4, -0.2) is 88.9 Å². The van der Waals surface area contributed by atoms with E-state index in [-0.39, 0.29) is 71.4 Å². The highest BCUT2D eigenvalue weighted by Gasteiger charge is 2.49. The number of nitro groups is 1. The molecule has 3 fully saturated rings. The number of methoxy groups -OCH3 is 1. The van der Waals surface area contributed by atoms with Crippen LogP contribution in [0, 0.1) is 34.1 Å². The maximum atomic E-state index is 17.3. The van der Waals surface area contributed by atoms with E-state index in [1.807, 2.05) is 0 Å². The lowest BCUT2D eigenvalue weighted by Crippen LogP contribution is -2.46. The number of rotatable bonds is 9. The van der Waals surface area contributed by atoms with E-state index in [1.165, 1.54) is 25.3 Å². The smallest absolute Gasteiger partial charge is 0.319 e. The Morgan fingerprint density at radius 1 is 1.16 bits per heavy atom. The van der Waals surface area contributed by atoms with Crippen molar-refractivity contribution in [1.82, 2.24) is 14.9 Å². The molecule has 0 bridgehead atoms. The summed E-state index contributed by atoms with van der Waals surface area (Å²) in [7, 11) is 1.41. The van der Waals surface area contributed by atoms with Crippen LogP contribution in [0.25, 0.3) is 32.8 Å². The highest BCUT2D eigenvalue weighted by Crippen LogP contribution is 2.46. The summed E-state index contributed by atoms with van der Waals surface area (Å²) < 4.78 is 63.8. The maximum absolute atomic E-state index is 17.3. The Kier molecular flexibility index (Phi) is 8.70. The molecular formula is C36H36F3N5O6. The molecule has 11 nitrogen and oxygen atoms in total. The lowest BCUT2D eigenvalue weighted by atomic mass is 9.91. The molecular weight excluding hydrogens is 655 g/mol. The van der Waals surface area contributed by atoms with Crippen molar-refractivity contribution in [2.75, 3.05) is 51.6 Å².